The molecule has 3 rings (SSSR count). The van der Waals surface area contributed by atoms with Gasteiger partial charge in [0.25, 0.3) is 0 Å². The summed E-state index contributed by atoms with van der Waals surface area (Å²) in [5.74, 6) is 0.581. The molecule has 2 amide bonds. The van der Waals surface area contributed by atoms with Crippen molar-refractivity contribution in [2.75, 3.05) is 24.5 Å². The molecule has 1 saturated heterocycles. The van der Waals surface area contributed by atoms with Gasteiger partial charge < -0.3 is 15.5 Å². The molecule has 5 nitrogen and oxygen atoms in total. The summed E-state index contributed by atoms with van der Waals surface area (Å²) < 4.78 is 0. The first-order valence-corrected chi connectivity index (χ1v) is 9.50. The lowest BCUT2D eigenvalue weighted by molar-refractivity contribution is 0.232. The van der Waals surface area contributed by atoms with Gasteiger partial charge in [-0.1, -0.05) is 25.7 Å². The Labute approximate surface area is 145 Å². The number of pyridine rings is 1. The van der Waals surface area contributed by atoms with E-state index < -0.39 is 0 Å². The van der Waals surface area contributed by atoms with E-state index in [0.29, 0.717) is 12.0 Å². The molecule has 0 bridgehead atoms. The minimum absolute atomic E-state index is 0.0246. The first-order valence-electron chi connectivity index (χ1n) is 9.50. The largest absolute Gasteiger partial charge is 0.370 e. The standard InChI is InChI=1S/C19H30N4O/c24-19(22-17-6-3-1-2-4-7-17)21-14-16-9-12-23(13-10-16)18-8-5-11-20-15-18/h5,8,11,15-17H,1-4,6-7,9-10,12-14H2,(H2,21,22,24). The van der Waals surface area contributed by atoms with Crippen molar-refractivity contribution in [3.63, 3.8) is 0 Å². The van der Waals surface area contributed by atoms with E-state index in [1.54, 1.807) is 0 Å². The zero-order valence-corrected chi connectivity index (χ0v) is 14.5. The number of urea groups is 1. The molecule has 24 heavy (non-hydrogen) atoms. The molecular weight excluding hydrogens is 300 g/mol. The molecule has 2 aliphatic rings. The summed E-state index contributed by atoms with van der Waals surface area (Å²) >= 11 is 0. The number of hydrogen-bond donors (Lipinski definition) is 2. The van der Waals surface area contributed by atoms with Crippen molar-refractivity contribution in [2.45, 2.75) is 57.4 Å². The fourth-order valence-corrected chi connectivity index (χ4v) is 3.83. The van der Waals surface area contributed by atoms with Gasteiger partial charge in [-0.3, -0.25) is 4.98 Å². The fourth-order valence-electron chi connectivity index (χ4n) is 3.83. The lowest BCUT2D eigenvalue weighted by atomic mass is 9.96. The van der Waals surface area contributed by atoms with E-state index in [0.717, 1.165) is 45.3 Å². The van der Waals surface area contributed by atoms with Crippen LogP contribution in [0.15, 0.2) is 24.5 Å². The molecule has 2 fully saturated rings. The summed E-state index contributed by atoms with van der Waals surface area (Å²) in [4.78, 5) is 18.7. The van der Waals surface area contributed by atoms with E-state index in [2.05, 4.69) is 26.6 Å². The summed E-state index contributed by atoms with van der Waals surface area (Å²) in [6.45, 7) is 2.88. The van der Waals surface area contributed by atoms with Crippen molar-refractivity contribution in [2.24, 2.45) is 5.92 Å². The molecule has 0 spiro atoms. The summed E-state index contributed by atoms with van der Waals surface area (Å²) in [7, 11) is 0. The average Bonchev–Trinajstić information content (AvgIpc) is 2.90. The lowest BCUT2D eigenvalue weighted by Crippen LogP contribution is -2.45. The van der Waals surface area contributed by atoms with Gasteiger partial charge in [-0.25, -0.2) is 4.79 Å². The molecule has 1 aliphatic heterocycles. The number of nitrogens with zero attached hydrogens (tertiary/aromatic N) is 2. The molecule has 1 aromatic heterocycles. The van der Waals surface area contributed by atoms with Crippen LogP contribution in [0.4, 0.5) is 10.5 Å². The number of amides is 2. The molecule has 1 aliphatic carbocycles. The molecule has 132 valence electrons. The van der Waals surface area contributed by atoms with Gasteiger partial charge in [-0.05, 0) is 43.7 Å². The smallest absolute Gasteiger partial charge is 0.315 e. The van der Waals surface area contributed by atoms with Crippen LogP contribution >= 0.6 is 0 Å². The van der Waals surface area contributed by atoms with Gasteiger partial charge in [-0.15, -0.1) is 0 Å². The number of piperidine rings is 1. The number of hydrogen-bond acceptors (Lipinski definition) is 3. The van der Waals surface area contributed by atoms with Gasteiger partial charge in [0, 0.05) is 31.9 Å². The summed E-state index contributed by atoms with van der Waals surface area (Å²) in [5.41, 5.74) is 1.20. The molecule has 0 radical (unpaired) electrons. The van der Waals surface area contributed by atoms with E-state index in [1.807, 2.05) is 18.5 Å². The van der Waals surface area contributed by atoms with Crippen LogP contribution in [0.25, 0.3) is 0 Å². The normalized spacial score (nSPS) is 20.4. The van der Waals surface area contributed by atoms with Crippen LogP contribution in [-0.2, 0) is 0 Å². The predicted octanol–water partition coefficient (Wildman–Crippen LogP) is 3.32. The second kappa shape index (κ2) is 8.90. The Hall–Kier alpha value is -1.78. The van der Waals surface area contributed by atoms with Crippen molar-refractivity contribution in [3.8, 4) is 0 Å². The predicted molar refractivity (Wildman–Crippen MR) is 97.2 cm³/mol. The number of anilines is 1. The Morgan fingerprint density at radius 3 is 2.54 bits per heavy atom. The van der Waals surface area contributed by atoms with Crippen LogP contribution in [0, 0.1) is 5.92 Å². The third-order valence-corrected chi connectivity index (χ3v) is 5.37. The third-order valence-electron chi connectivity index (χ3n) is 5.37. The first kappa shape index (κ1) is 17.1. The molecular formula is C19H30N4O. The highest BCUT2D eigenvalue weighted by molar-refractivity contribution is 5.74. The second-order valence-electron chi connectivity index (χ2n) is 7.18. The molecule has 2 N–H and O–H groups in total. The van der Waals surface area contributed by atoms with Crippen molar-refractivity contribution >= 4 is 11.7 Å². The summed E-state index contributed by atoms with van der Waals surface area (Å²) in [6, 6.07) is 4.50. The number of carbonyl (C=O) groups excluding carboxylic acids is 1. The van der Waals surface area contributed by atoms with Gasteiger partial charge in [0.1, 0.15) is 0 Å². The minimum Gasteiger partial charge on any atom is -0.370 e. The van der Waals surface area contributed by atoms with E-state index >= 15 is 0 Å². The molecule has 1 aromatic rings. The highest BCUT2D eigenvalue weighted by Gasteiger charge is 2.21. The maximum Gasteiger partial charge on any atom is 0.315 e. The third kappa shape index (κ3) is 5.11. The topological polar surface area (TPSA) is 57.3 Å². The van der Waals surface area contributed by atoms with Gasteiger partial charge in [0.05, 0.1) is 11.9 Å². The quantitative estimate of drug-likeness (QED) is 0.833. The second-order valence-corrected chi connectivity index (χ2v) is 7.18. The monoisotopic (exact) mass is 330 g/mol. The van der Waals surface area contributed by atoms with Crippen molar-refractivity contribution in [1.29, 1.82) is 0 Å². The number of carbonyl (C=O) groups is 1. The molecule has 0 atom stereocenters. The van der Waals surface area contributed by atoms with Crippen LogP contribution < -0.4 is 15.5 Å². The van der Waals surface area contributed by atoms with Crippen molar-refractivity contribution in [3.05, 3.63) is 24.5 Å². The fraction of sp³-hybridized carbons (Fsp3) is 0.684. The SMILES string of the molecule is O=C(NCC1CCN(c2cccnc2)CC1)NC1CCCCCC1. The number of aromatic nitrogens is 1. The molecule has 0 unspecified atom stereocenters. The average molecular weight is 330 g/mol. The number of rotatable bonds is 4. The number of nitrogens with one attached hydrogen (secondary N) is 2. The van der Waals surface area contributed by atoms with Crippen LogP contribution in [0.5, 0.6) is 0 Å². The van der Waals surface area contributed by atoms with Gasteiger partial charge >= 0.3 is 6.03 Å². The van der Waals surface area contributed by atoms with Crippen LogP contribution in [0.3, 0.4) is 0 Å². The Kier molecular flexibility index (Phi) is 6.33. The zero-order chi connectivity index (χ0) is 16.6. The summed E-state index contributed by atoms with van der Waals surface area (Å²) in [5, 5.41) is 6.26. The van der Waals surface area contributed by atoms with Crippen molar-refractivity contribution in [1.82, 2.24) is 15.6 Å². The molecule has 5 heteroatoms. The maximum absolute atomic E-state index is 12.1. The highest BCUT2D eigenvalue weighted by atomic mass is 16.2. The van der Waals surface area contributed by atoms with Crippen LogP contribution in [-0.4, -0.2) is 36.7 Å². The Bertz CT molecular complexity index is 491. The van der Waals surface area contributed by atoms with Gasteiger partial charge in [-0.2, -0.15) is 0 Å². The Morgan fingerprint density at radius 1 is 1.12 bits per heavy atom. The minimum atomic E-state index is 0.0246. The lowest BCUT2D eigenvalue weighted by Gasteiger charge is -2.33. The van der Waals surface area contributed by atoms with E-state index in [4.69, 9.17) is 0 Å². The molecule has 2 heterocycles. The van der Waals surface area contributed by atoms with Crippen molar-refractivity contribution < 1.29 is 4.79 Å². The van der Waals surface area contributed by atoms with Crippen LogP contribution in [0.2, 0.25) is 0 Å². The molecule has 0 aromatic carbocycles. The highest BCUT2D eigenvalue weighted by Crippen LogP contribution is 2.22. The van der Waals surface area contributed by atoms with Gasteiger partial charge in [0.15, 0.2) is 0 Å². The maximum atomic E-state index is 12.1. The zero-order valence-electron chi connectivity index (χ0n) is 14.5. The van der Waals surface area contributed by atoms with E-state index in [1.165, 1.54) is 31.4 Å². The molecule has 1 saturated carbocycles. The Morgan fingerprint density at radius 2 is 1.88 bits per heavy atom. The van der Waals surface area contributed by atoms with E-state index in [9.17, 15) is 4.79 Å². The van der Waals surface area contributed by atoms with E-state index in [-0.39, 0.29) is 6.03 Å². The summed E-state index contributed by atoms with van der Waals surface area (Å²) in [6.07, 6.45) is 13.4. The Balaban J connectivity index is 1.35. The van der Waals surface area contributed by atoms with Crippen LogP contribution in [0.1, 0.15) is 51.4 Å². The first-order chi connectivity index (χ1) is 11.8. The van der Waals surface area contributed by atoms with Gasteiger partial charge in [0.2, 0.25) is 0 Å².